The molecule has 1 heterocycles. The lowest BCUT2D eigenvalue weighted by Gasteiger charge is -2.10. The van der Waals surface area contributed by atoms with E-state index in [1.807, 2.05) is 37.3 Å². The average molecular weight is 392 g/mol. The van der Waals surface area contributed by atoms with Gasteiger partial charge in [-0.05, 0) is 55.2 Å². The topological polar surface area (TPSA) is 80.6 Å². The van der Waals surface area contributed by atoms with Gasteiger partial charge in [0.15, 0.2) is 0 Å². The van der Waals surface area contributed by atoms with Crippen LogP contribution in [-0.4, -0.2) is 19.1 Å². The molecule has 29 heavy (non-hydrogen) atoms. The first-order valence-electron chi connectivity index (χ1n) is 9.86. The van der Waals surface area contributed by atoms with E-state index in [2.05, 4.69) is 10.6 Å². The Morgan fingerprint density at radius 1 is 1.17 bits per heavy atom. The van der Waals surface area contributed by atoms with Gasteiger partial charge in [-0.3, -0.25) is 4.79 Å². The van der Waals surface area contributed by atoms with Gasteiger partial charge < -0.3 is 19.8 Å². The van der Waals surface area contributed by atoms with Gasteiger partial charge in [0.1, 0.15) is 16.9 Å². The van der Waals surface area contributed by atoms with Crippen molar-refractivity contribution in [3.63, 3.8) is 0 Å². The van der Waals surface area contributed by atoms with Crippen LogP contribution >= 0.6 is 0 Å². The normalized spacial score (nSPS) is 13.4. The molecule has 0 aliphatic heterocycles. The number of ether oxygens (including phenoxy) is 1. The fourth-order valence-electron chi connectivity index (χ4n) is 3.36. The van der Waals surface area contributed by atoms with Crippen LogP contribution in [0, 0.1) is 0 Å². The van der Waals surface area contributed by atoms with Gasteiger partial charge in [0, 0.05) is 29.2 Å². The highest BCUT2D eigenvalue weighted by atomic mass is 16.5. The fraction of sp³-hybridized carbons (Fsp3) is 0.304. The Balaban J connectivity index is 1.54. The van der Waals surface area contributed by atoms with Crippen molar-refractivity contribution in [2.75, 3.05) is 12.4 Å². The molecule has 6 heteroatoms. The van der Waals surface area contributed by atoms with Crippen molar-refractivity contribution in [1.82, 2.24) is 5.32 Å². The number of fused-ring (bicyclic) bond motifs is 1. The Morgan fingerprint density at radius 2 is 1.93 bits per heavy atom. The Kier molecular flexibility index (Phi) is 5.36. The minimum atomic E-state index is -0.664. The molecule has 150 valence electrons. The van der Waals surface area contributed by atoms with E-state index in [0.717, 1.165) is 17.7 Å². The smallest absolute Gasteiger partial charge is 0.349 e. The molecule has 1 aliphatic rings. The summed E-state index contributed by atoms with van der Waals surface area (Å²) in [4.78, 5) is 25.1. The van der Waals surface area contributed by atoms with Crippen LogP contribution in [-0.2, 0) is 13.0 Å². The maximum atomic E-state index is 12.7. The van der Waals surface area contributed by atoms with E-state index >= 15 is 0 Å². The van der Waals surface area contributed by atoms with E-state index in [4.69, 9.17) is 9.15 Å². The molecule has 0 unspecified atom stereocenters. The van der Waals surface area contributed by atoms with E-state index in [-0.39, 0.29) is 5.56 Å². The van der Waals surface area contributed by atoms with Crippen LogP contribution in [0.25, 0.3) is 11.0 Å². The number of anilines is 1. The van der Waals surface area contributed by atoms with Gasteiger partial charge in [0.25, 0.3) is 5.91 Å². The molecule has 2 N–H and O–H groups in total. The minimum Gasteiger partial charge on any atom is -0.496 e. The van der Waals surface area contributed by atoms with Gasteiger partial charge in [-0.2, -0.15) is 0 Å². The summed E-state index contributed by atoms with van der Waals surface area (Å²) in [6.07, 6.45) is 3.14. The van der Waals surface area contributed by atoms with Gasteiger partial charge in [-0.15, -0.1) is 0 Å². The first kappa shape index (κ1) is 19.2. The number of amides is 1. The molecular formula is C23H24N2O4. The predicted molar refractivity (Wildman–Crippen MR) is 113 cm³/mol. The molecule has 4 rings (SSSR count). The van der Waals surface area contributed by atoms with Crippen LogP contribution in [0.15, 0.2) is 51.7 Å². The third kappa shape index (κ3) is 4.17. The maximum Gasteiger partial charge on any atom is 0.349 e. The molecule has 0 saturated heterocycles. The zero-order valence-electron chi connectivity index (χ0n) is 16.6. The van der Waals surface area contributed by atoms with Crippen LogP contribution < -0.4 is 21.0 Å². The lowest BCUT2D eigenvalue weighted by atomic mass is 10.1. The van der Waals surface area contributed by atoms with Crippen LogP contribution in [0.3, 0.4) is 0 Å². The summed E-state index contributed by atoms with van der Waals surface area (Å²) < 4.78 is 10.8. The van der Waals surface area contributed by atoms with E-state index in [1.54, 1.807) is 19.2 Å². The van der Waals surface area contributed by atoms with Crippen LogP contribution in [0.5, 0.6) is 5.75 Å². The van der Waals surface area contributed by atoms with E-state index < -0.39 is 11.5 Å². The molecule has 0 radical (unpaired) electrons. The molecule has 1 aromatic heterocycles. The van der Waals surface area contributed by atoms with E-state index in [9.17, 15) is 9.59 Å². The second kappa shape index (κ2) is 8.09. The summed E-state index contributed by atoms with van der Waals surface area (Å²) in [5.41, 5.74) is 2.37. The van der Waals surface area contributed by atoms with Crippen LogP contribution in [0.1, 0.15) is 41.3 Å². The third-order valence-electron chi connectivity index (χ3n) is 5.16. The quantitative estimate of drug-likeness (QED) is 0.597. The number of rotatable bonds is 7. The number of carbonyl (C=O) groups is 1. The molecule has 1 fully saturated rings. The molecule has 1 amide bonds. The SMILES string of the molecule is CCc1c(OC)ccc2cc(C(=O)Nc3ccc(CNC4CC4)cc3)c(=O)oc12. The Hall–Kier alpha value is -3.12. The Morgan fingerprint density at radius 3 is 2.59 bits per heavy atom. The van der Waals surface area contributed by atoms with Crippen molar-refractivity contribution in [2.45, 2.75) is 38.8 Å². The van der Waals surface area contributed by atoms with Crippen molar-refractivity contribution in [1.29, 1.82) is 0 Å². The second-order valence-corrected chi connectivity index (χ2v) is 7.27. The van der Waals surface area contributed by atoms with Crippen molar-refractivity contribution in [3.8, 4) is 5.75 Å². The zero-order valence-corrected chi connectivity index (χ0v) is 16.6. The molecule has 3 aromatic rings. The van der Waals surface area contributed by atoms with Crippen molar-refractivity contribution in [3.05, 3.63) is 69.6 Å². The first-order chi connectivity index (χ1) is 14.1. The molecule has 6 nitrogen and oxygen atoms in total. The minimum absolute atomic E-state index is 0.0239. The van der Waals surface area contributed by atoms with Crippen molar-refractivity contribution < 1.29 is 13.9 Å². The standard InChI is InChI=1S/C23H24N2O4/c1-3-18-20(28-2)11-6-15-12-19(23(27)29-21(15)18)22(26)25-17-7-4-14(5-8-17)13-24-16-9-10-16/h4-8,11-12,16,24H,3,9-10,13H2,1-2H3,(H,25,26). The number of hydrogen-bond acceptors (Lipinski definition) is 5. The fourth-order valence-corrected chi connectivity index (χ4v) is 3.36. The number of nitrogens with one attached hydrogen (secondary N) is 2. The van der Waals surface area contributed by atoms with Gasteiger partial charge in [0.2, 0.25) is 0 Å². The summed E-state index contributed by atoms with van der Waals surface area (Å²) >= 11 is 0. The number of carbonyl (C=O) groups excluding carboxylic acids is 1. The molecule has 1 aliphatic carbocycles. The number of hydrogen-bond donors (Lipinski definition) is 2. The number of benzene rings is 2. The van der Waals surface area contributed by atoms with Crippen LogP contribution in [0.2, 0.25) is 0 Å². The lowest BCUT2D eigenvalue weighted by Crippen LogP contribution is -2.21. The predicted octanol–water partition coefficient (Wildman–Crippen LogP) is 3.87. The maximum absolute atomic E-state index is 12.7. The summed E-state index contributed by atoms with van der Waals surface area (Å²) in [6.45, 7) is 2.78. The molecular weight excluding hydrogens is 368 g/mol. The highest BCUT2D eigenvalue weighted by Crippen LogP contribution is 2.28. The van der Waals surface area contributed by atoms with Gasteiger partial charge >= 0.3 is 5.63 Å². The van der Waals surface area contributed by atoms with E-state index in [0.29, 0.717) is 34.9 Å². The van der Waals surface area contributed by atoms with Gasteiger partial charge in [-0.1, -0.05) is 19.1 Å². The van der Waals surface area contributed by atoms with Gasteiger partial charge in [-0.25, -0.2) is 4.79 Å². The third-order valence-corrected chi connectivity index (χ3v) is 5.16. The Bertz CT molecular complexity index is 1100. The van der Waals surface area contributed by atoms with Gasteiger partial charge in [0.05, 0.1) is 7.11 Å². The number of aryl methyl sites for hydroxylation is 1. The Labute approximate surface area is 168 Å². The van der Waals surface area contributed by atoms with Crippen molar-refractivity contribution in [2.24, 2.45) is 0 Å². The molecule has 2 aromatic carbocycles. The summed E-state index contributed by atoms with van der Waals surface area (Å²) in [6, 6.07) is 13.4. The monoisotopic (exact) mass is 392 g/mol. The summed E-state index contributed by atoms with van der Waals surface area (Å²) in [5.74, 6) is 0.176. The molecule has 0 bridgehead atoms. The lowest BCUT2D eigenvalue weighted by molar-refractivity contribution is 0.102. The largest absolute Gasteiger partial charge is 0.496 e. The van der Waals surface area contributed by atoms with Crippen LogP contribution in [0.4, 0.5) is 5.69 Å². The second-order valence-electron chi connectivity index (χ2n) is 7.27. The zero-order chi connectivity index (χ0) is 20.4. The number of methoxy groups -OCH3 is 1. The van der Waals surface area contributed by atoms with E-state index in [1.165, 1.54) is 12.8 Å². The highest BCUT2D eigenvalue weighted by Gasteiger charge is 2.20. The summed E-state index contributed by atoms with van der Waals surface area (Å²) in [5, 5.41) is 6.91. The molecule has 0 atom stereocenters. The highest BCUT2D eigenvalue weighted by molar-refractivity contribution is 6.05. The summed E-state index contributed by atoms with van der Waals surface area (Å²) in [7, 11) is 1.58. The molecule has 1 saturated carbocycles. The molecule has 0 spiro atoms. The van der Waals surface area contributed by atoms with Crippen molar-refractivity contribution >= 4 is 22.6 Å². The average Bonchev–Trinajstić information content (AvgIpc) is 3.56. The first-order valence-corrected chi connectivity index (χ1v) is 9.86.